The number of pyridine rings is 1. The Morgan fingerprint density at radius 2 is 1.87 bits per heavy atom. The number of hydrogen-bond acceptors (Lipinski definition) is 2. The summed E-state index contributed by atoms with van der Waals surface area (Å²) >= 11 is 0. The summed E-state index contributed by atoms with van der Waals surface area (Å²) in [4.78, 5) is 4.61. The van der Waals surface area contributed by atoms with E-state index in [-0.39, 0.29) is 6.04 Å². The summed E-state index contributed by atoms with van der Waals surface area (Å²) in [5, 5.41) is 1.15. The summed E-state index contributed by atoms with van der Waals surface area (Å²) in [6.07, 6.45) is 4.03. The number of para-hydroxylation sites is 2. The van der Waals surface area contributed by atoms with Gasteiger partial charge in [0.1, 0.15) is 0 Å². The van der Waals surface area contributed by atoms with Crippen LogP contribution in [0.5, 0.6) is 0 Å². The molecule has 0 fully saturated rings. The van der Waals surface area contributed by atoms with Crippen molar-refractivity contribution in [1.82, 2.24) is 9.55 Å². The minimum atomic E-state index is -0.0617. The maximum absolute atomic E-state index is 6.40. The Morgan fingerprint density at radius 1 is 0.957 bits per heavy atom. The van der Waals surface area contributed by atoms with E-state index in [0.717, 1.165) is 22.2 Å². The van der Waals surface area contributed by atoms with Crippen LogP contribution in [0.25, 0.3) is 27.7 Å². The van der Waals surface area contributed by atoms with E-state index in [1.165, 1.54) is 16.8 Å². The maximum Gasteiger partial charge on any atom is 0.0730 e. The van der Waals surface area contributed by atoms with Crippen LogP contribution in [0, 0.1) is 0 Å². The summed E-state index contributed by atoms with van der Waals surface area (Å²) in [6.45, 7) is 0. The van der Waals surface area contributed by atoms with E-state index in [1.807, 2.05) is 30.5 Å². The van der Waals surface area contributed by atoms with Gasteiger partial charge in [-0.2, -0.15) is 0 Å². The Balaban J connectivity index is 1.79. The molecule has 0 amide bonds. The molecule has 0 radical (unpaired) electrons. The zero-order valence-corrected chi connectivity index (χ0v) is 12.5. The molecule has 1 atom stereocenters. The molecule has 0 aliphatic carbocycles. The topological polar surface area (TPSA) is 43.8 Å². The Kier molecular flexibility index (Phi) is 2.49. The normalized spacial score (nSPS) is 15.6. The van der Waals surface area contributed by atoms with Crippen LogP contribution in [0.2, 0.25) is 0 Å². The number of hydrogen-bond donors (Lipinski definition) is 1. The van der Waals surface area contributed by atoms with Crippen molar-refractivity contribution >= 4 is 10.9 Å². The summed E-state index contributed by atoms with van der Waals surface area (Å²) in [5.41, 5.74) is 13.2. The van der Waals surface area contributed by atoms with Crippen molar-refractivity contribution in [3.8, 4) is 16.8 Å². The number of aromatic nitrogens is 2. The van der Waals surface area contributed by atoms with Gasteiger partial charge in [0.2, 0.25) is 0 Å². The van der Waals surface area contributed by atoms with E-state index < -0.39 is 0 Å². The highest BCUT2D eigenvalue weighted by Gasteiger charge is 2.27. The molecule has 0 spiro atoms. The molecule has 2 aromatic heterocycles. The first-order valence-electron chi connectivity index (χ1n) is 7.74. The number of nitrogens with zero attached hydrogens (tertiary/aromatic N) is 2. The van der Waals surface area contributed by atoms with E-state index in [0.29, 0.717) is 0 Å². The monoisotopic (exact) mass is 297 g/mol. The molecular formula is C20H15N3. The van der Waals surface area contributed by atoms with E-state index in [4.69, 9.17) is 5.73 Å². The summed E-state index contributed by atoms with van der Waals surface area (Å²) in [7, 11) is 0. The van der Waals surface area contributed by atoms with Gasteiger partial charge in [-0.3, -0.25) is 4.98 Å². The highest BCUT2D eigenvalue weighted by Crippen LogP contribution is 2.40. The van der Waals surface area contributed by atoms with Gasteiger partial charge < -0.3 is 10.3 Å². The van der Waals surface area contributed by atoms with E-state index in [2.05, 4.69) is 52.1 Å². The highest BCUT2D eigenvalue weighted by molar-refractivity contribution is 5.86. The third-order valence-corrected chi connectivity index (χ3v) is 4.64. The first kappa shape index (κ1) is 12.6. The molecule has 3 nitrogen and oxygen atoms in total. The molecular weight excluding hydrogens is 282 g/mol. The van der Waals surface area contributed by atoms with Gasteiger partial charge in [-0.15, -0.1) is 0 Å². The second kappa shape index (κ2) is 4.54. The molecule has 110 valence electrons. The van der Waals surface area contributed by atoms with Crippen molar-refractivity contribution in [3.05, 3.63) is 84.3 Å². The van der Waals surface area contributed by atoms with Gasteiger partial charge in [-0.25, -0.2) is 0 Å². The predicted molar refractivity (Wildman–Crippen MR) is 92.5 cm³/mol. The second-order valence-corrected chi connectivity index (χ2v) is 5.94. The van der Waals surface area contributed by atoms with Crippen molar-refractivity contribution < 1.29 is 0 Å². The summed E-state index contributed by atoms with van der Waals surface area (Å²) in [6, 6.07) is 20.8. The van der Waals surface area contributed by atoms with Crippen molar-refractivity contribution in [2.75, 3.05) is 0 Å². The van der Waals surface area contributed by atoms with Gasteiger partial charge in [0.15, 0.2) is 0 Å². The molecule has 0 saturated carbocycles. The van der Waals surface area contributed by atoms with Gasteiger partial charge in [-0.1, -0.05) is 36.4 Å². The SMILES string of the molecule is NC1c2cccc(-c3cnc4ccccc4c3)c2-n2cccc21. The van der Waals surface area contributed by atoms with Crippen LogP contribution in [-0.2, 0) is 0 Å². The smallest absolute Gasteiger partial charge is 0.0730 e. The summed E-state index contributed by atoms with van der Waals surface area (Å²) < 4.78 is 2.20. The lowest BCUT2D eigenvalue weighted by Gasteiger charge is -2.11. The van der Waals surface area contributed by atoms with Gasteiger partial charge in [0, 0.05) is 34.6 Å². The largest absolute Gasteiger partial charge is 0.319 e. The van der Waals surface area contributed by atoms with Crippen molar-refractivity contribution in [2.24, 2.45) is 5.73 Å². The minimum absolute atomic E-state index is 0.0617. The van der Waals surface area contributed by atoms with Crippen LogP contribution < -0.4 is 5.73 Å². The molecule has 1 aliphatic rings. The lowest BCUT2D eigenvalue weighted by Crippen LogP contribution is -2.07. The van der Waals surface area contributed by atoms with Crippen LogP contribution in [0.1, 0.15) is 17.3 Å². The van der Waals surface area contributed by atoms with Gasteiger partial charge in [0.25, 0.3) is 0 Å². The first-order chi connectivity index (χ1) is 11.3. The quantitative estimate of drug-likeness (QED) is 0.576. The Bertz CT molecular complexity index is 1050. The molecule has 1 aliphatic heterocycles. The summed E-state index contributed by atoms with van der Waals surface area (Å²) in [5.74, 6) is 0. The van der Waals surface area contributed by atoms with Crippen LogP contribution in [0.15, 0.2) is 73.1 Å². The molecule has 3 heterocycles. The minimum Gasteiger partial charge on any atom is -0.319 e. The standard InChI is InChI=1S/C20H15N3/c21-19-16-7-3-6-15(20(16)23-10-4-9-18(19)23)14-11-13-5-1-2-8-17(13)22-12-14/h1-12,19H,21H2. The molecule has 3 heteroatoms. The average molecular weight is 297 g/mol. The zero-order chi connectivity index (χ0) is 15.4. The lowest BCUT2D eigenvalue weighted by molar-refractivity contribution is 0.865. The van der Waals surface area contributed by atoms with Gasteiger partial charge >= 0.3 is 0 Å². The van der Waals surface area contributed by atoms with Crippen molar-refractivity contribution in [2.45, 2.75) is 6.04 Å². The molecule has 0 saturated heterocycles. The molecule has 4 aromatic rings. The Hall–Kier alpha value is -2.91. The van der Waals surface area contributed by atoms with Crippen molar-refractivity contribution in [1.29, 1.82) is 0 Å². The van der Waals surface area contributed by atoms with Crippen LogP contribution >= 0.6 is 0 Å². The maximum atomic E-state index is 6.40. The van der Waals surface area contributed by atoms with Gasteiger partial charge in [0.05, 0.1) is 17.2 Å². The van der Waals surface area contributed by atoms with E-state index in [9.17, 15) is 0 Å². The Labute approximate surface area is 134 Å². The molecule has 1 unspecified atom stereocenters. The van der Waals surface area contributed by atoms with Crippen LogP contribution in [0.3, 0.4) is 0 Å². The van der Waals surface area contributed by atoms with Gasteiger partial charge in [-0.05, 0) is 29.8 Å². The molecule has 2 N–H and O–H groups in total. The fraction of sp³-hybridized carbons (Fsp3) is 0.0500. The predicted octanol–water partition coefficient (Wildman–Crippen LogP) is 4.05. The molecule has 5 rings (SSSR count). The second-order valence-electron chi connectivity index (χ2n) is 5.94. The zero-order valence-electron chi connectivity index (χ0n) is 12.5. The van der Waals surface area contributed by atoms with Crippen molar-refractivity contribution in [3.63, 3.8) is 0 Å². The fourth-order valence-corrected chi connectivity index (χ4v) is 3.54. The lowest BCUT2D eigenvalue weighted by atomic mass is 9.98. The molecule has 2 aromatic carbocycles. The van der Waals surface area contributed by atoms with E-state index in [1.54, 1.807) is 0 Å². The highest BCUT2D eigenvalue weighted by atomic mass is 15.0. The fourth-order valence-electron chi connectivity index (χ4n) is 3.54. The van der Waals surface area contributed by atoms with E-state index >= 15 is 0 Å². The molecule has 23 heavy (non-hydrogen) atoms. The van der Waals surface area contributed by atoms with Crippen LogP contribution in [0.4, 0.5) is 0 Å². The first-order valence-corrected chi connectivity index (χ1v) is 7.74. The molecule has 0 bridgehead atoms. The number of benzene rings is 2. The Morgan fingerprint density at radius 3 is 2.83 bits per heavy atom. The number of fused-ring (bicyclic) bond motifs is 4. The third kappa shape index (κ3) is 1.71. The third-order valence-electron chi connectivity index (χ3n) is 4.64. The number of rotatable bonds is 1. The van der Waals surface area contributed by atoms with Crippen LogP contribution in [-0.4, -0.2) is 9.55 Å². The average Bonchev–Trinajstić information content (AvgIpc) is 3.18. The number of nitrogens with two attached hydrogens (primary N) is 1.